The van der Waals surface area contributed by atoms with E-state index in [9.17, 15) is 13.2 Å². The number of rotatable bonds is 6. The van der Waals surface area contributed by atoms with Gasteiger partial charge in [-0.15, -0.1) is 0 Å². The molecule has 0 N–H and O–H groups in total. The van der Waals surface area contributed by atoms with Crippen molar-refractivity contribution in [1.82, 2.24) is 0 Å². The second kappa shape index (κ2) is 5.82. The molecule has 0 spiro atoms. The highest BCUT2D eigenvalue weighted by molar-refractivity contribution is 7.90. The molecule has 17 heavy (non-hydrogen) atoms. The number of sulfone groups is 1. The molecule has 0 bridgehead atoms. The zero-order valence-corrected chi connectivity index (χ0v) is 10.8. The van der Waals surface area contributed by atoms with Crippen molar-refractivity contribution in [1.29, 1.82) is 0 Å². The molecule has 0 aromatic heterocycles. The number of ketones is 1. The van der Waals surface area contributed by atoms with Gasteiger partial charge in [-0.1, -0.05) is 0 Å². The fourth-order valence-corrected chi connectivity index (χ4v) is 2.08. The maximum absolute atomic E-state index is 11.7. The summed E-state index contributed by atoms with van der Waals surface area (Å²) in [6.45, 7) is 0. The summed E-state index contributed by atoms with van der Waals surface area (Å²) in [6, 6.07) is 6.79. The second-order valence-electron chi connectivity index (χ2n) is 3.89. The minimum Gasteiger partial charge on any atom is -0.497 e. The Morgan fingerprint density at radius 2 is 1.82 bits per heavy atom. The van der Waals surface area contributed by atoms with E-state index in [1.165, 1.54) is 6.26 Å². The van der Waals surface area contributed by atoms with Crippen LogP contribution in [-0.4, -0.2) is 33.3 Å². The maximum Gasteiger partial charge on any atom is 0.162 e. The summed E-state index contributed by atoms with van der Waals surface area (Å²) in [6.07, 6.45) is 1.79. The molecule has 0 radical (unpaired) electrons. The van der Waals surface area contributed by atoms with Gasteiger partial charge in [-0.25, -0.2) is 8.42 Å². The van der Waals surface area contributed by atoms with Gasteiger partial charge in [0.05, 0.1) is 12.9 Å². The van der Waals surface area contributed by atoms with E-state index >= 15 is 0 Å². The van der Waals surface area contributed by atoms with E-state index in [0.29, 0.717) is 17.7 Å². The van der Waals surface area contributed by atoms with E-state index in [0.717, 1.165) is 0 Å². The van der Waals surface area contributed by atoms with Crippen molar-refractivity contribution in [3.63, 3.8) is 0 Å². The number of Topliss-reactive ketones (excluding diaryl/α,β-unsaturated/α-hetero) is 1. The van der Waals surface area contributed by atoms with Crippen LogP contribution in [0.3, 0.4) is 0 Å². The Bertz CT molecular complexity index is 474. The van der Waals surface area contributed by atoms with Crippen LogP contribution in [-0.2, 0) is 9.84 Å². The first-order valence-electron chi connectivity index (χ1n) is 5.27. The average Bonchev–Trinajstić information content (AvgIpc) is 2.27. The lowest BCUT2D eigenvalue weighted by molar-refractivity contribution is 0.0982. The maximum atomic E-state index is 11.7. The van der Waals surface area contributed by atoms with E-state index in [4.69, 9.17) is 4.74 Å². The predicted octanol–water partition coefficient (Wildman–Crippen LogP) is 1.70. The molecule has 0 aliphatic heterocycles. The van der Waals surface area contributed by atoms with Crippen LogP contribution < -0.4 is 4.74 Å². The molecule has 4 nitrogen and oxygen atoms in total. The number of ether oxygens (including phenoxy) is 1. The smallest absolute Gasteiger partial charge is 0.162 e. The van der Waals surface area contributed by atoms with Crippen LogP contribution in [0.4, 0.5) is 0 Å². The van der Waals surface area contributed by atoms with E-state index in [1.807, 2.05) is 0 Å². The third kappa shape index (κ3) is 4.99. The summed E-state index contributed by atoms with van der Waals surface area (Å²) in [5, 5.41) is 0. The Hall–Kier alpha value is -1.36. The SMILES string of the molecule is COc1ccc(C(=O)CCCS(C)(=O)=O)cc1. The number of hydrogen-bond donors (Lipinski definition) is 0. The molecule has 0 fully saturated rings. The lowest BCUT2D eigenvalue weighted by atomic mass is 10.1. The molecule has 94 valence electrons. The minimum absolute atomic E-state index is 0.0451. The van der Waals surface area contributed by atoms with E-state index in [2.05, 4.69) is 0 Å². The van der Waals surface area contributed by atoms with Gasteiger partial charge in [0.1, 0.15) is 15.6 Å². The first kappa shape index (κ1) is 13.7. The molecule has 0 aliphatic carbocycles. The number of hydrogen-bond acceptors (Lipinski definition) is 4. The molecule has 5 heteroatoms. The van der Waals surface area contributed by atoms with Crippen molar-refractivity contribution < 1.29 is 17.9 Å². The van der Waals surface area contributed by atoms with E-state index < -0.39 is 9.84 Å². The fourth-order valence-electron chi connectivity index (χ4n) is 1.42. The second-order valence-corrected chi connectivity index (χ2v) is 6.14. The predicted molar refractivity (Wildman–Crippen MR) is 66.3 cm³/mol. The zero-order chi connectivity index (χ0) is 12.9. The Morgan fingerprint density at radius 1 is 1.24 bits per heavy atom. The molecular formula is C12H16O4S. The molecular weight excluding hydrogens is 240 g/mol. The van der Waals surface area contributed by atoms with Crippen LogP contribution in [0.2, 0.25) is 0 Å². The normalized spacial score (nSPS) is 11.2. The number of methoxy groups -OCH3 is 1. The van der Waals surface area contributed by atoms with E-state index in [1.54, 1.807) is 31.4 Å². The molecule has 0 saturated heterocycles. The summed E-state index contributed by atoms with van der Waals surface area (Å²) in [4.78, 5) is 11.7. The van der Waals surface area contributed by atoms with Crippen LogP contribution in [0.25, 0.3) is 0 Å². The molecule has 0 aliphatic rings. The van der Waals surface area contributed by atoms with Gasteiger partial charge < -0.3 is 4.74 Å². The van der Waals surface area contributed by atoms with Gasteiger partial charge in [-0.05, 0) is 30.7 Å². The largest absolute Gasteiger partial charge is 0.497 e. The summed E-state index contributed by atoms with van der Waals surface area (Å²) < 4.78 is 26.8. The third-order valence-corrected chi connectivity index (χ3v) is 3.36. The highest BCUT2D eigenvalue weighted by Crippen LogP contribution is 2.13. The highest BCUT2D eigenvalue weighted by Gasteiger charge is 2.08. The quantitative estimate of drug-likeness (QED) is 0.727. The summed E-state index contributed by atoms with van der Waals surface area (Å²) in [5.41, 5.74) is 0.583. The van der Waals surface area contributed by atoms with Crippen LogP contribution >= 0.6 is 0 Å². The third-order valence-electron chi connectivity index (χ3n) is 2.33. The first-order chi connectivity index (χ1) is 7.92. The van der Waals surface area contributed by atoms with Crippen molar-refractivity contribution in [2.75, 3.05) is 19.1 Å². The molecule has 0 heterocycles. The van der Waals surface area contributed by atoms with Crippen LogP contribution in [0, 0.1) is 0 Å². The van der Waals surface area contributed by atoms with Crippen LogP contribution in [0.15, 0.2) is 24.3 Å². The Labute approximate surface area is 102 Å². The lowest BCUT2D eigenvalue weighted by Crippen LogP contribution is -2.06. The fraction of sp³-hybridized carbons (Fsp3) is 0.417. The molecule has 1 aromatic carbocycles. The van der Waals surface area contributed by atoms with E-state index in [-0.39, 0.29) is 18.0 Å². The number of carbonyl (C=O) groups is 1. The summed E-state index contributed by atoms with van der Waals surface area (Å²) in [5.74, 6) is 0.698. The molecule has 0 amide bonds. The minimum atomic E-state index is -2.98. The van der Waals surface area contributed by atoms with Gasteiger partial charge in [0.2, 0.25) is 0 Å². The average molecular weight is 256 g/mol. The van der Waals surface area contributed by atoms with Gasteiger partial charge >= 0.3 is 0 Å². The molecule has 1 aromatic rings. The van der Waals surface area contributed by atoms with Gasteiger partial charge in [0.25, 0.3) is 0 Å². The zero-order valence-electron chi connectivity index (χ0n) is 9.97. The standard InChI is InChI=1S/C12H16O4S/c1-16-11-7-5-10(6-8-11)12(13)4-3-9-17(2,14)15/h5-8H,3-4,9H2,1-2H3. The van der Waals surface area contributed by atoms with Crippen molar-refractivity contribution >= 4 is 15.6 Å². The lowest BCUT2D eigenvalue weighted by Gasteiger charge is -2.02. The van der Waals surface area contributed by atoms with Crippen molar-refractivity contribution in [3.05, 3.63) is 29.8 Å². The van der Waals surface area contributed by atoms with Crippen LogP contribution in [0.1, 0.15) is 23.2 Å². The topological polar surface area (TPSA) is 60.4 Å². The van der Waals surface area contributed by atoms with Crippen molar-refractivity contribution in [2.45, 2.75) is 12.8 Å². The molecule has 0 unspecified atom stereocenters. The monoisotopic (exact) mass is 256 g/mol. The van der Waals surface area contributed by atoms with Gasteiger partial charge in [-0.2, -0.15) is 0 Å². The summed E-state index contributed by atoms with van der Waals surface area (Å²) >= 11 is 0. The van der Waals surface area contributed by atoms with Gasteiger partial charge in [0.15, 0.2) is 5.78 Å². The van der Waals surface area contributed by atoms with Gasteiger partial charge in [0, 0.05) is 18.2 Å². The molecule has 0 atom stereocenters. The molecule has 1 rings (SSSR count). The first-order valence-corrected chi connectivity index (χ1v) is 7.33. The van der Waals surface area contributed by atoms with Crippen LogP contribution in [0.5, 0.6) is 5.75 Å². The number of carbonyl (C=O) groups excluding carboxylic acids is 1. The van der Waals surface area contributed by atoms with Crippen molar-refractivity contribution in [2.24, 2.45) is 0 Å². The Kier molecular flexibility index (Phi) is 4.69. The van der Waals surface area contributed by atoms with Crippen molar-refractivity contribution in [3.8, 4) is 5.75 Å². The number of benzene rings is 1. The van der Waals surface area contributed by atoms with Gasteiger partial charge in [-0.3, -0.25) is 4.79 Å². The highest BCUT2D eigenvalue weighted by atomic mass is 32.2. The Morgan fingerprint density at radius 3 is 2.29 bits per heavy atom. The Balaban J connectivity index is 2.52. The molecule has 0 saturated carbocycles. The summed E-state index contributed by atoms with van der Waals surface area (Å²) in [7, 11) is -1.43.